The first-order valence-corrected chi connectivity index (χ1v) is 15.3. The fourth-order valence-corrected chi connectivity index (χ4v) is 4.19. The lowest BCUT2D eigenvalue weighted by Gasteiger charge is -2.41. The smallest absolute Gasteiger partial charge is 0.311 e. The predicted molar refractivity (Wildman–Crippen MR) is 144 cm³/mol. The summed E-state index contributed by atoms with van der Waals surface area (Å²) in [6, 6.07) is 9.82. The van der Waals surface area contributed by atoms with Gasteiger partial charge in [0.2, 0.25) is 0 Å². The molecule has 0 bridgehead atoms. The normalized spacial score (nSPS) is 14.9. The molecule has 3 atom stereocenters. The van der Waals surface area contributed by atoms with Crippen molar-refractivity contribution >= 4 is 14.3 Å². The zero-order valence-corrected chi connectivity index (χ0v) is 24.6. The molecule has 0 aliphatic heterocycles. The van der Waals surface area contributed by atoms with Gasteiger partial charge in [-0.2, -0.15) is 0 Å². The van der Waals surface area contributed by atoms with Crippen LogP contribution in [0.5, 0.6) is 0 Å². The highest BCUT2D eigenvalue weighted by Gasteiger charge is 2.42. The van der Waals surface area contributed by atoms with E-state index in [1.165, 1.54) is 7.11 Å². The summed E-state index contributed by atoms with van der Waals surface area (Å²) < 4.78 is 28.8. The fourth-order valence-electron chi connectivity index (χ4n) is 2.86. The first-order chi connectivity index (χ1) is 16.7. The second-order valence-electron chi connectivity index (χ2n) is 11.4. The number of benzene rings is 1. The molecule has 0 aromatic heterocycles. The molecular formula is C28H46O7Si. The molecule has 0 aliphatic carbocycles. The van der Waals surface area contributed by atoms with E-state index in [4.69, 9.17) is 23.4 Å². The Hall–Kier alpha value is -1.73. The standard InChI is InChI=1S/C28H46O7Si/c1-27(2,3)26(30)33-20-25(35-36(8,9)28(4,5)6)24(34-21-31-7)18-23(29)16-13-17-32-19-22-14-11-10-12-15-22/h10-12,14-15,23-25,29H,17-21H2,1-9H3/t23?,24-,25+/m0/s1. The number of esters is 1. The van der Waals surface area contributed by atoms with Crippen LogP contribution in [0.2, 0.25) is 18.1 Å². The summed E-state index contributed by atoms with van der Waals surface area (Å²) in [5.74, 6) is 5.37. The van der Waals surface area contributed by atoms with Gasteiger partial charge in [0.1, 0.15) is 32.2 Å². The number of carbonyl (C=O) groups excluding carboxylic acids is 1. The highest BCUT2D eigenvalue weighted by Crippen LogP contribution is 2.38. The average molecular weight is 523 g/mol. The molecule has 204 valence electrons. The molecule has 1 aromatic rings. The molecule has 0 saturated heterocycles. The monoisotopic (exact) mass is 522 g/mol. The van der Waals surface area contributed by atoms with Crippen molar-refractivity contribution in [2.24, 2.45) is 5.41 Å². The van der Waals surface area contributed by atoms with Crippen molar-refractivity contribution in [3.63, 3.8) is 0 Å². The van der Waals surface area contributed by atoms with Crippen LogP contribution in [-0.2, 0) is 34.8 Å². The molecule has 1 aromatic carbocycles. The highest BCUT2D eigenvalue weighted by atomic mass is 28.4. The maximum atomic E-state index is 12.5. The molecule has 7 nitrogen and oxygen atoms in total. The third-order valence-electron chi connectivity index (χ3n) is 6.07. The predicted octanol–water partition coefficient (Wildman–Crippen LogP) is 4.93. The average Bonchev–Trinajstić information content (AvgIpc) is 2.78. The molecule has 0 radical (unpaired) electrons. The second kappa shape index (κ2) is 14.9. The van der Waals surface area contributed by atoms with Gasteiger partial charge in [0.25, 0.3) is 0 Å². The van der Waals surface area contributed by atoms with Gasteiger partial charge in [0.15, 0.2) is 8.32 Å². The fraction of sp³-hybridized carbons (Fsp3) is 0.679. The van der Waals surface area contributed by atoms with Crippen LogP contribution in [0.25, 0.3) is 0 Å². The number of ether oxygens (including phenoxy) is 4. The van der Waals surface area contributed by atoms with E-state index in [1.807, 2.05) is 30.3 Å². The van der Waals surface area contributed by atoms with E-state index in [0.29, 0.717) is 6.61 Å². The zero-order valence-electron chi connectivity index (χ0n) is 23.6. The highest BCUT2D eigenvalue weighted by molar-refractivity contribution is 6.74. The van der Waals surface area contributed by atoms with Crippen molar-refractivity contribution in [3.05, 3.63) is 35.9 Å². The van der Waals surface area contributed by atoms with E-state index in [2.05, 4.69) is 45.7 Å². The molecule has 0 heterocycles. The summed E-state index contributed by atoms with van der Waals surface area (Å²) in [5, 5.41) is 10.6. The Kier molecular flexibility index (Phi) is 13.3. The molecule has 8 heteroatoms. The van der Waals surface area contributed by atoms with E-state index in [0.717, 1.165) is 5.56 Å². The molecule has 0 fully saturated rings. The van der Waals surface area contributed by atoms with E-state index >= 15 is 0 Å². The number of hydrogen-bond acceptors (Lipinski definition) is 7. The minimum absolute atomic E-state index is 0.00951. The van der Waals surface area contributed by atoms with Crippen LogP contribution in [0.3, 0.4) is 0 Å². The Balaban J connectivity index is 2.92. The van der Waals surface area contributed by atoms with Crippen LogP contribution >= 0.6 is 0 Å². The lowest BCUT2D eigenvalue weighted by molar-refractivity contribution is -0.163. The summed E-state index contributed by atoms with van der Waals surface area (Å²) in [5.41, 5.74) is 0.415. The van der Waals surface area contributed by atoms with Gasteiger partial charge in [-0.25, -0.2) is 0 Å². The lowest BCUT2D eigenvalue weighted by atomic mass is 9.97. The third-order valence-corrected chi connectivity index (χ3v) is 10.6. The first-order valence-electron chi connectivity index (χ1n) is 12.4. The van der Waals surface area contributed by atoms with Gasteiger partial charge in [-0.05, 0) is 44.5 Å². The van der Waals surface area contributed by atoms with Gasteiger partial charge in [-0.3, -0.25) is 4.79 Å². The van der Waals surface area contributed by atoms with Crippen molar-refractivity contribution in [1.29, 1.82) is 0 Å². The molecule has 36 heavy (non-hydrogen) atoms. The maximum Gasteiger partial charge on any atom is 0.311 e. The summed E-state index contributed by atoms with van der Waals surface area (Å²) in [6.45, 7) is 16.7. The number of aliphatic hydroxyl groups is 1. The van der Waals surface area contributed by atoms with Gasteiger partial charge in [-0.15, -0.1) is 0 Å². The van der Waals surface area contributed by atoms with Crippen molar-refractivity contribution in [3.8, 4) is 11.8 Å². The Labute approximate surface area is 218 Å². The minimum Gasteiger partial charge on any atom is -0.462 e. The lowest BCUT2D eigenvalue weighted by Crippen LogP contribution is -2.50. The Morgan fingerprint density at radius 2 is 1.69 bits per heavy atom. The van der Waals surface area contributed by atoms with Crippen LogP contribution in [-0.4, -0.2) is 64.8 Å². The molecular weight excluding hydrogens is 476 g/mol. The number of carbonyl (C=O) groups is 1. The van der Waals surface area contributed by atoms with Gasteiger partial charge in [0, 0.05) is 13.5 Å². The Bertz CT molecular complexity index is 831. The Morgan fingerprint density at radius 1 is 1.06 bits per heavy atom. The number of methoxy groups -OCH3 is 1. The molecule has 0 saturated carbocycles. The maximum absolute atomic E-state index is 12.5. The van der Waals surface area contributed by atoms with E-state index < -0.39 is 32.0 Å². The first kappa shape index (κ1) is 32.3. The number of hydrogen-bond donors (Lipinski definition) is 1. The van der Waals surface area contributed by atoms with Gasteiger partial charge in [0.05, 0.1) is 18.1 Å². The van der Waals surface area contributed by atoms with E-state index in [-0.39, 0.29) is 37.4 Å². The van der Waals surface area contributed by atoms with Crippen LogP contribution in [0, 0.1) is 17.3 Å². The summed E-state index contributed by atoms with van der Waals surface area (Å²) >= 11 is 0. The van der Waals surface area contributed by atoms with Gasteiger partial charge >= 0.3 is 5.97 Å². The molecule has 1 N–H and O–H groups in total. The van der Waals surface area contributed by atoms with Gasteiger partial charge < -0.3 is 28.5 Å². The molecule has 1 unspecified atom stereocenters. The van der Waals surface area contributed by atoms with E-state index in [1.54, 1.807) is 20.8 Å². The summed E-state index contributed by atoms with van der Waals surface area (Å²) in [6.07, 6.45) is -1.99. The number of rotatable bonds is 13. The minimum atomic E-state index is -2.26. The van der Waals surface area contributed by atoms with Crippen LogP contribution in [0.4, 0.5) is 0 Å². The molecule has 0 spiro atoms. The van der Waals surface area contributed by atoms with Crippen LogP contribution in [0.15, 0.2) is 30.3 Å². The molecule has 1 rings (SSSR count). The quantitative estimate of drug-likeness (QED) is 0.129. The number of aliphatic hydroxyl groups excluding tert-OH is 1. The second-order valence-corrected chi connectivity index (χ2v) is 16.2. The SMILES string of the molecule is COCO[C@@H](CC(O)C#CCOCc1ccccc1)[C@@H](COC(=O)C(C)(C)C)O[Si](C)(C)C(C)(C)C. The van der Waals surface area contributed by atoms with Crippen molar-refractivity contribution in [2.45, 2.75) is 91.0 Å². The van der Waals surface area contributed by atoms with Crippen molar-refractivity contribution < 1.29 is 33.3 Å². The van der Waals surface area contributed by atoms with Crippen LogP contribution < -0.4 is 0 Å². The largest absolute Gasteiger partial charge is 0.462 e. The van der Waals surface area contributed by atoms with E-state index in [9.17, 15) is 9.90 Å². The van der Waals surface area contributed by atoms with Crippen LogP contribution in [0.1, 0.15) is 53.5 Å². The van der Waals surface area contributed by atoms with Crippen molar-refractivity contribution in [2.75, 3.05) is 27.1 Å². The topological polar surface area (TPSA) is 83.5 Å². The summed E-state index contributed by atoms with van der Waals surface area (Å²) in [4.78, 5) is 12.5. The van der Waals surface area contributed by atoms with Gasteiger partial charge in [-0.1, -0.05) is 62.9 Å². The van der Waals surface area contributed by atoms with Crippen molar-refractivity contribution in [1.82, 2.24) is 0 Å². The zero-order chi connectivity index (χ0) is 27.4. The molecule has 0 amide bonds. The summed E-state index contributed by atoms with van der Waals surface area (Å²) in [7, 11) is -0.729. The third kappa shape index (κ3) is 12.0. The Morgan fingerprint density at radius 3 is 2.25 bits per heavy atom. The molecule has 0 aliphatic rings.